The number of nitrogens with zero attached hydrogens (tertiary/aromatic N) is 1. The third kappa shape index (κ3) is 8.19. The Labute approximate surface area is 193 Å². The van der Waals surface area contributed by atoms with Crippen LogP contribution >= 0.6 is 0 Å². The van der Waals surface area contributed by atoms with Crippen molar-refractivity contribution in [3.05, 3.63) is 0 Å². The highest BCUT2D eigenvalue weighted by Gasteiger charge is 2.39. The predicted octanol–water partition coefficient (Wildman–Crippen LogP) is 2.65. The molecule has 1 rings (SSSR count). The summed E-state index contributed by atoms with van der Waals surface area (Å²) in [6.07, 6.45) is 2.36. The van der Waals surface area contributed by atoms with E-state index >= 15 is 0 Å². The molecule has 8 nitrogen and oxygen atoms in total. The summed E-state index contributed by atoms with van der Waals surface area (Å²) in [4.78, 5) is 50.0. The number of likely N-dealkylation sites (tertiary alicyclic amines) is 1. The summed E-state index contributed by atoms with van der Waals surface area (Å²) < 4.78 is 6.10. The second-order valence-corrected chi connectivity index (χ2v) is 9.93. The minimum Gasteiger partial charge on any atom is -0.375 e. The summed E-state index contributed by atoms with van der Waals surface area (Å²) in [5.41, 5.74) is -0.909. The summed E-state index contributed by atoms with van der Waals surface area (Å²) in [6, 6.07) is 0. The van der Waals surface area contributed by atoms with Crippen LogP contribution in [0.2, 0.25) is 0 Å². The number of nitrogens with one attached hydrogen (secondary N) is 2. The number of ether oxygens (including phenoxy) is 1. The van der Waals surface area contributed by atoms with Gasteiger partial charge in [-0.25, -0.2) is 0 Å². The molecule has 2 unspecified atom stereocenters. The van der Waals surface area contributed by atoms with E-state index < -0.39 is 11.0 Å². The quantitative estimate of drug-likeness (QED) is 0.394. The Kier molecular flexibility index (Phi) is 10.8. The highest BCUT2D eigenvalue weighted by molar-refractivity contribution is 6.03. The minimum atomic E-state index is -0.502. The van der Waals surface area contributed by atoms with E-state index in [1.807, 2.05) is 48.5 Å². The summed E-state index contributed by atoms with van der Waals surface area (Å²) in [6.45, 7) is 15.2. The second kappa shape index (κ2) is 12.3. The largest absolute Gasteiger partial charge is 0.375 e. The fraction of sp³-hybridized carbons (Fsp3) is 0.833. The van der Waals surface area contributed by atoms with E-state index in [2.05, 4.69) is 10.6 Å². The van der Waals surface area contributed by atoms with Gasteiger partial charge in [-0.15, -0.1) is 0 Å². The summed E-state index contributed by atoms with van der Waals surface area (Å²) in [5.74, 6) is -0.683. The summed E-state index contributed by atoms with van der Waals surface area (Å²) >= 11 is 0. The standard InChI is InChI=1S/C24H43N3O5/c1-8-24(7,32-15-12-23(5,6)22(31)25-9-2)11-13-26-19(28)10-14-27-20(29)16-18(17(3)4)21(27)30/h17-18H,8-16H2,1-7H3,(H,25,31)(H,26,28). The molecular formula is C24H43N3O5. The van der Waals surface area contributed by atoms with Crippen LogP contribution in [0.3, 0.4) is 0 Å². The van der Waals surface area contributed by atoms with Gasteiger partial charge < -0.3 is 15.4 Å². The number of amides is 4. The van der Waals surface area contributed by atoms with E-state index in [9.17, 15) is 19.2 Å². The van der Waals surface area contributed by atoms with Crippen LogP contribution in [0.15, 0.2) is 0 Å². The first kappa shape index (κ1) is 28.1. The first-order valence-electron chi connectivity index (χ1n) is 11.9. The molecule has 0 saturated carbocycles. The molecule has 0 bridgehead atoms. The minimum absolute atomic E-state index is 0.0174. The van der Waals surface area contributed by atoms with Crippen LogP contribution in [-0.2, 0) is 23.9 Å². The Hall–Kier alpha value is -1.96. The van der Waals surface area contributed by atoms with Gasteiger partial charge in [-0.1, -0.05) is 34.6 Å². The van der Waals surface area contributed by atoms with Crippen LogP contribution in [0.1, 0.15) is 80.6 Å². The molecule has 0 aromatic heterocycles. The van der Waals surface area contributed by atoms with Crippen molar-refractivity contribution in [3.8, 4) is 0 Å². The van der Waals surface area contributed by atoms with Gasteiger partial charge >= 0.3 is 0 Å². The molecule has 4 amide bonds. The Morgan fingerprint density at radius 3 is 2.31 bits per heavy atom. The van der Waals surface area contributed by atoms with Crippen LogP contribution < -0.4 is 10.6 Å². The topological polar surface area (TPSA) is 105 Å². The normalized spacial score (nSPS) is 18.8. The van der Waals surface area contributed by atoms with E-state index in [1.165, 1.54) is 4.90 Å². The van der Waals surface area contributed by atoms with Crippen LogP contribution in [0.4, 0.5) is 0 Å². The first-order valence-corrected chi connectivity index (χ1v) is 11.9. The van der Waals surface area contributed by atoms with Gasteiger partial charge in [-0.3, -0.25) is 24.1 Å². The molecule has 1 heterocycles. The van der Waals surface area contributed by atoms with E-state index in [1.54, 1.807) is 0 Å². The zero-order valence-corrected chi connectivity index (χ0v) is 21.0. The van der Waals surface area contributed by atoms with Crippen molar-refractivity contribution in [2.24, 2.45) is 17.3 Å². The number of carbonyl (C=O) groups excluding carboxylic acids is 4. The van der Waals surface area contributed by atoms with Gasteiger partial charge in [0.25, 0.3) is 0 Å². The zero-order chi connectivity index (χ0) is 24.5. The lowest BCUT2D eigenvalue weighted by atomic mass is 9.88. The summed E-state index contributed by atoms with van der Waals surface area (Å²) in [7, 11) is 0. The van der Waals surface area contributed by atoms with Crippen molar-refractivity contribution in [3.63, 3.8) is 0 Å². The first-order chi connectivity index (χ1) is 14.9. The number of carbonyl (C=O) groups is 4. The fourth-order valence-electron chi connectivity index (χ4n) is 3.65. The lowest BCUT2D eigenvalue weighted by Gasteiger charge is -2.31. The second-order valence-electron chi connectivity index (χ2n) is 9.93. The van der Waals surface area contributed by atoms with Crippen molar-refractivity contribution in [2.45, 2.75) is 86.2 Å². The van der Waals surface area contributed by atoms with Gasteiger partial charge in [0.2, 0.25) is 23.6 Å². The molecule has 0 spiro atoms. The smallest absolute Gasteiger partial charge is 0.233 e. The van der Waals surface area contributed by atoms with Gasteiger partial charge in [0, 0.05) is 50.4 Å². The summed E-state index contributed by atoms with van der Waals surface area (Å²) in [5, 5.41) is 5.72. The maximum Gasteiger partial charge on any atom is 0.233 e. The van der Waals surface area contributed by atoms with Gasteiger partial charge in [-0.05, 0) is 39.0 Å². The lowest BCUT2D eigenvalue weighted by Crippen LogP contribution is -2.40. The molecule has 0 aliphatic carbocycles. The molecular weight excluding hydrogens is 410 g/mol. The molecule has 32 heavy (non-hydrogen) atoms. The maximum absolute atomic E-state index is 12.3. The molecule has 0 radical (unpaired) electrons. The molecule has 2 N–H and O–H groups in total. The van der Waals surface area contributed by atoms with Gasteiger partial charge in [0.1, 0.15) is 0 Å². The Morgan fingerprint density at radius 2 is 1.78 bits per heavy atom. The molecule has 8 heteroatoms. The highest BCUT2D eigenvalue weighted by atomic mass is 16.5. The number of rotatable bonds is 14. The molecule has 1 aliphatic rings. The van der Waals surface area contributed by atoms with Crippen LogP contribution in [-0.4, -0.2) is 60.4 Å². The SMILES string of the molecule is CCNC(=O)C(C)(C)CCOC(C)(CC)CCNC(=O)CCN1C(=O)CC(C(C)C)C1=O. The number of imide groups is 1. The third-order valence-corrected chi connectivity index (χ3v) is 6.50. The maximum atomic E-state index is 12.3. The monoisotopic (exact) mass is 453 g/mol. The van der Waals surface area contributed by atoms with Crippen molar-refractivity contribution in [1.82, 2.24) is 15.5 Å². The zero-order valence-electron chi connectivity index (χ0n) is 21.0. The molecule has 0 aromatic carbocycles. The average Bonchev–Trinajstić information content (AvgIpc) is 3.00. The average molecular weight is 454 g/mol. The predicted molar refractivity (Wildman–Crippen MR) is 124 cm³/mol. The van der Waals surface area contributed by atoms with Crippen molar-refractivity contribution in [1.29, 1.82) is 0 Å². The van der Waals surface area contributed by atoms with E-state index in [-0.39, 0.29) is 54.9 Å². The van der Waals surface area contributed by atoms with Crippen LogP contribution in [0.5, 0.6) is 0 Å². The van der Waals surface area contributed by atoms with E-state index in [4.69, 9.17) is 4.74 Å². The fourth-order valence-corrected chi connectivity index (χ4v) is 3.65. The third-order valence-electron chi connectivity index (χ3n) is 6.50. The van der Waals surface area contributed by atoms with Crippen molar-refractivity contribution in [2.75, 3.05) is 26.2 Å². The number of hydrogen-bond acceptors (Lipinski definition) is 5. The molecule has 1 saturated heterocycles. The van der Waals surface area contributed by atoms with Crippen molar-refractivity contribution >= 4 is 23.6 Å². The lowest BCUT2D eigenvalue weighted by molar-refractivity contribution is -0.140. The highest BCUT2D eigenvalue weighted by Crippen LogP contribution is 2.27. The Morgan fingerprint density at radius 1 is 1.12 bits per heavy atom. The molecule has 1 aliphatic heterocycles. The van der Waals surface area contributed by atoms with Crippen LogP contribution in [0, 0.1) is 17.3 Å². The van der Waals surface area contributed by atoms with Gasteiger partial charge in [0.05, 0.1) is 5.60 Å². The Balaban J connectivity index is 2.40. The van der Waals surface area contributed by atoms with Gasteiger partial charge in [0.15, 0.2) is 0 Å². The van der Waals surface area contributed by atoms with Crippen molar-refractivity contribution < 1.29 is 23.9 Å². The van der Waals surface area contributed by atoms with Crippen LogP contribution in [0.25, 0.3) is 0 Å². The van der Waals surface area contributed by atoms with Gasteiger partial charge in [-0.2, -0.15) is 0 Å². The van der Waals surface area contributed by atoms with E-state index in [0.717, 1.165) is 6.42 Å². The molecule has 1 fully saturated rings. The Bertz CT molecular complexity index is 677. The number of hydrogen-bond donors (Lipinski definition) is 2. The molecule has 184 valence electrons. The molecule has 2 atom stereocenters. The van der Waals surface area contributed by atoms with E-state index in [0.29, 0.717) is 32.5 Å². The molecule has 0 aromatic rings.